The van der Waals surface area contributed by atoms with Crippen molar-refractivity contribution in [1.82, 2.24) is 20.1 Å². The second-order valence-electron chi connectivity index (χ2n) is 5.82. The second kappa shape index (κ2) is 6.39. The number of fused-ring (bicyclic) bond motifs is 1. The number of aryl methyl sites for hydroxylation is 3. The lowest BCUT2D eigenvalue weighted by atomic mass is 10.1. The molecule has 0 atom stereocenters. The first-order valence-corrected chi connectivity index (χ1v) is 7.80. The molecule has 1 N–H and O–H groups in total. The molecule has 24 heavy (non-hydrogen) atoms. The summed E-state index contributed by atoms with van der Waals surface area (Å²) in [7, 11) is 1.81. The number of carbonyl (C=O) groups excluding carboxylic acids is 1. The SMILES string of the molecule is Cc1cc(C(=O)NCCc2ccccc2F)c2c(C)nn(C)c2n1. The van der Waals surface area contributed by atoms with Crippen molar-refractivity contribution >= 4 is 16.9 Å². The molecule has 0 unspecified atom stereocenters. The van der Waals surface area contributed by atoms with Gasteiger partial charge in [0.2, 0.25) is 0 Å². The minimum absolute atomic E-state index is 0.196. The van der Waals surface area contributed by atoms with Gasteiger partial charge in [0.05, 0.1) is 16.6 Å². The number of carbonyl (C=O) groups is 1. The standard InChI is InChI=1S/C18H19FN4O/c1-11-10-14(16-12(2)22-23(3)17(16)21-11)18(24)20-9-8-13-6-4-5-7-15(13)19/h4-7,10H,8-9H2,1-3H3,(H,20,24). The van der Waals surface area contributed by atoms with Gasteiger partial charge in [-0.1, -0.05) is 18.2 Å². The minimum atomic E-state index is -0.253. The maximum absolute atomic E-state index is 13.6. The second-order valence-corrected chi connectivity index (χ2v) is 5.82. The molecule has 0 aliphatic heterocycles. The van der Waals surface area contributed by atoms with E-state index < -0.39 is 0 Å². The van der Waals surface area contributed by atoms with Gasteiger partial charge in [-0.3, -0.25) is 9.48 Å². The molecule has 0 radical (unpaired) electrons. The number of pyridine rings is 1. The van der Waals surface area contributed by atoms with Crippen LogP contribution >= 0.6 is 0 Å². The predicted molar refractivity (Wildman–Crippen MR) is 90.4 cm³/mol. The number of nitrogens with zero attached hydrogens (tertiary/aromatic N) is 3. The Kier molecular flexibility index (Phi) is 4.29. The van der Waals surface area contributed by atoms with Gasteiger partial charge in [-0.15, -0.1) is 0 Å². The van der Waals surface area contributed by atoms with Gasteiger partial charge >= 0.3 is 0 Å². The Morgan fingerprint density at radius 3 is 2.79 bits per heavy atom. The number of hydrogen-bond donors (Lipinski definition) is 1. The fourth-order valence-corrected chi connectivity index (χ4v) is 2.86. The maximum atomic E-state index is 13.6. The van der Waals surface area contributed by atoms with E-state index in [4.69, 9.17) is 0 Å². The molecule has 0 spiro atoms. The van der Waals surface area contributed by atoms with Crippen molar-refractivity contribution in [3.8, 4) is 0 Å². The molecule has 0 aliphatic rings. The van der Waals surface area contributed by atoms with Crippen LogP contribution in [0.15, 0.2) is 30.3 Å². The molecule has 3 rings (SSSR count). The molecule has 2 aromatic heterocycles. The number of halogens is 1. The molecule has 0 saturated carbocycles. The molecule has 1 amide bonds. The molecular formula is C18H19FN4O. The highest BCUT2D eigenvalue weighted by Crippen LogP contribution is 2.21. The third-order valence-electron chi connectivity index (χ3n) is 3.98. The van der Waals surface area contributed by atoms with Crippen molar-refractivity contribution in [3.63, 3.8) is 0 Å². The van der Waals surface area contributed by atoms with Crippen molar-refractivity contribution in [3.05, 3.63) is 58.7 Å². The summed E-state index contributed by atoms with van der Waals surface area (Å²) in [6.45, 7) is 4.06. The van der Waals surface area contributed by atoms with Crippen LogP contribution in [-0.4, -0.2) is 27.2 Å². The Morgan fingerprint density at radius 1 is 1.29 bits per heavy atom. The van der Waals surface area contributed by atoms with Gasteiger partial charge in [0.25, 0.3) is 5.91 Å². The monoisotopic (exact) mass is 326 g/mol. The average molecular weight is 326 g/mol. The van der Waals surface area contributed by atoms with E-state index in [2.05, 4.69) is 15.4 Å². The lowest BCUT2D eigenvalue weighted by molar-refractivity contribution is 0.0955. The summed E-state index contributed by atoms with van der Waals surface area (Å²) < 4.78 is 15.3. The molecule has 0 bridgehead atoms. The fourth-order valence-electron chi connectivity index (χ4n) is 2.86. The first-order chi connectivity index (χ1) is 11.5. The topological polar surface area (TPSA) is 59.8 Å². The number of aromatic nitrogens is 3. The quantitative estimate of drug-likeness (QED) is 0.802. The molecule has 0 saturated heterocycles. The number of rotatable bonds is 4. The molecule has 0 fully saturated rings. The van der Waals surface area contributed by atoms with E-state index in [1.165, 1.54) is 6.07 Å². The van der Waals surface area contributed by atoms with E-state index in [9.17, 15) is 9.18 Å². The molecule has 124 valence electrons. The van der Waals surface area contributed by atoms with Gasteiger partial charge < -0.3 is 5.32 Å². The summed E-state index contributed by atoms with van der Waals surface area (Å²) in [5.74, 6) is -0.449. The third kappa shape index (κ3) is 2.99. The number of amides is 1. The molecule has 1 aromatic carbocycles. The molecule has 2 heterocycles. The summed E-state index contributed by atoms with van der Waals surface area (Å²) in [6.07, 6.45) is 0.442. The van der Waals surface area contributed by atoms with E-state index in [1.807, 2.05) is 20.9 Å². The van der Waals surface area contributed by atoms with Crippen molar-refractivity contribution in [2.45, 2.75) is 20.3 Å². The first-order valence-electron chi connectivity index (χ1n) is 7.80. The van der Waals surface area contributed by atoms with E-state index >= 15 is 0 Å². The lowest BCUT2D eigenvalue weighted by Crippen LogP contribution is -2.26. The molecule has 6 heteroatoms. The van der Waals surface area contributed by atoms with Crippen molar-refractivity contribution in [2.75, 3.05) is 6.54 Å². The number of benzene rings is 1. The normalized spacial score (nSPS) is 11.0. The molecule has 3 aromatic rings. The van der Waals surface area contributed by atoms with Crippen LogP contribution in [-0.2, 0) is 13.5 Å². The predicted octanol–water partition coefficient (Wildman–Crippen LogP) is 2.70. The van der Waals surface area contributed by atoms with Crippen molar-refractivity contribution in [1.29, 1.82) is 0 Å². The van der Waals surface area contributed by atoms with Gasteiger partial charge in [-0.25, -0.2) is 9.37 Å². The minimum Gasteiger partial charge on any atom is -0.352 e. The zero-order chi connectivity index (χ0) is 17.3. The summed E-state index contributed by atoms with van der Waals surface area (Å²) >= 11 is 0. The highest BCUT2D eigenvalue weighted by molar-refractivity contribution is 6.06. The van der Waals surface area contributed by atoms with Gasteiger partial charge in [0.15, 0.2) is 5.65 Å². The van der Waals surface area contributed by atoms with Gasteiger partial charge in [0.1, 0.15) is 5.82 Å². The van der Waals surface area contributed by atoms with Crippen LogP contribution < -0.4 is 5.32 Å². The Labute approximate surface area is 139 Å². The molecule has 0 aliphatic carbocycles. The highest BCUT2D eigenvalue weighted by Gasteiger charge is 2.17. The van der Waals surface area contributed by atoms with Crippen LogP contribution in [0.25, 0.3) is 11.0 Å². The Bertz CT molecular complexity index is 917. The Morgan fingerprint density at radius 2 is 2.04 bits per heavy atom. The average Bonchev–Trinajstić information content (AvgIpc) is 2.82. The van der Waals surface area contributed by atoms with Gasteiger partial charge in [0, 0.05) is 19.3 Å². The number of hydrogen-bond acceptors (Lipinski definition) is 3. The Hall–Kier alpha value is -2.76. The van der Waals surface area contributed by atoms with E-state index in [0.29, 0.717) is 29.7 Å². The molecular weight excluding hydrogens is 307 g/mol. The van der Waals surface area contributed by atoms with E-state index in [0.717, 1.165) is 16.8 Å². The first kappa shape index (κ1) is 16.1. The van der Waals surface area contributed by atoms with Gasteiger partial charge in [-0.05, 0) is 38.0 Å². The number of nitrogens with one attached hydrogen (secondary N) is 1. The van der Waals surface area contributed by atoms with Crippen LogP contribution in [0.3, 0.4) is 0 Å². The van der Waals surface area contributed by atoms with E-state index in [1.54, 1.807) is 28.9 Å². The maximum Gasteiger partial charge on any atom is 0.252 e. The van der Waals surface area contributed by atoms with Crippen LogP contribution in [0.2, 0.25) is 0 Å². The van der Waals surface area contributed by atoms with Gasteiger partial charge in [-0.2, -0.15) is 5.10 Å². The summed E-state index contributed by atoms with van der Waals surface area (Å²) in [5.41, 5.74) is 3.35. The zero-order valence-corrected chi connectivity index (χ0v) is 13.9. The third-order valence-corrected chi connectivity index (χ3v) is 3.98. The fraction of sp³-hybridized carbons (Fsp3) is 0.278. The van der Waals surface area contributed by atoms with Crippen LogP contribution in [0.4, 0.5) is 4.39 Å². The Balaban J connectivity index is 1.80. The molecule has 5 nitrogen and oxygen atoms in total. The zero-order valence-electron chi connectivity index (χ0n) is 13.9. The van der Waals surface area contributed by atoms with Crippen molar-refractivity contribution < 1.29 is 9.18 Å². The van der Waals surface area contributed by atoms with Crippen molar-refractivity contribution in [2.24, 2.45) is 7.05 Å². The van der Waals surface area contributed by atoms with Crippen LogP contribution in [0, 0.1) is 19.7 Å². The van der Waals surface area contributed by atoms with Crippen LogP contribution in [0.5, 0.6) is 0 Å². The lowest BCUT2D eigenvalue weighted by Gasteiger charge is -2.08. The van der Waals surface area contributed by atoms with Crippen LogP contribution in [0.1, 0.15) is 27.3 Å². The summed E-state index contributed by atoms with van der Waals surface area (Å²) in [5, 5.41) is 7.95. The highest BCUT2D eigenvalue weighted by atomic mass is 19.1. The van der Waals surface area contributed by atoms with E-state index in [-0.39, 0.29) is 11.7 Å². The summed E-state index contributed by atoms with van der Waals surface area (Å²) in [6, 6.07) is 8.34. The largest absolute Gasteiger partial charge is 0.352 e. The smallest absolute Gasteiger partial charge is 0.252 e. The summed E-state index contributed by atoms with van der Waals surface area (Å²) in [4.78, 5) is 17.0.